The Morgan fingerprint density at radius 1 is 1.38 bits per heavy atom. The van der Waals surface area contributed by atoms with Crippen LogP contribution in [-0.4, -0.2) is 37.0 Å². The first-order chi connectivity index (χ1) is 11.4. The van der Waals surface area contributed by atoms with Crippen molar-refractivity contribution in [1.29, 1.82) is 0 Å². The number of carbonyl (C=O) groups is 1. The number of nitrogens with zero attached hydrogens (tertiary/aromatic N) is 2. The van der Waals surface area contributed by atoms with Gasteiger partial charge in [-0.1, -0.05) is 19.9 Å². The van der Waals surface area contributed by atoms with Gasteiger partial charge in [-0.25, -0.2) is 4.39 Å². The molecule has 130 valence electrons. The largest absolute Gasteiger partial charge is 0.311 e. The third-order valence-corrected chi connectivity index (χ3v) is 5.37. The molecule has 0 radical (unpaired) electrons. The molecule has 0 N–H and O–H groups in total. The van der Waals surface area contributed by atoms with Crippen molar-refractivity contribution in [3.63, 3.8) is 0 Å². The number of fused-ring (bicyclic) bond motifs is 2. The van der Waals surface area contributed by atoms with Crippen molar-refractivity contribution in [3.05, 3.63) is 42.2 Å². The second-order valence-electron chi connectivity index (χ2n) is 7.61. The number of carbonyl (C=O) groups excluding carboxylic acids is 1. The Morgan fingerprint density at radius 3 is 2.71 bits per heavy atom. The molecule has 0 aromatic heterocycles. The van der Waals surface area contributed by atoms with Crippen LogP contribution in [0.1, 0.15) is 38.7 Å². The van der Waals surface area contributed by atoms with Gasteiger partial charge in [0.05, 0.1) is 0 Å². The zero-order valence-electron chi connectivity index (χ0n) is 14.7. The summed E-state index contributed by atoms with van der Waals surface area (Å²) in [6.45, 7) is 11.4. The van der Waals surface area contributed by atoms with E-state index in [1.807, 2.05) is 11.0 Å². The molecule has 1 amide bonds. The summed E-state index contributed by atoms with van der Waals surface area (Å²) in [5.74, 6) is 0.274. The van der Waals surface area contributed by atoms with Gasteiger partial charge in [0.15, 0.2) is 0 Å². The molecule has 0 saturated carbocycles. The lowest BCUT2D eigenvalue weighted by Crippen LogP contribution is -2.46. The minimum atomic E-state index is -0.209. The maximum atomic E-state index is 13.9. The summed E-state index contributed by atoms with van der Waals surface area (Å²) in [6, 6.07) is 4.91. The normalized spacial score (nSPS) is 19.8. The van der Waals surface area contributed by atoms with E-state index in [1.165, 1.54) is 6.07 Å². The van der Waals surface area contributed by atoms with Crippen LogP contribution in [0.2, 0.25) is 0 Å². The monoisotopic (exact) mass is 330 g/mol. The van der Waals surface area contributed by atoms with Crippen molar-refractivity contribution in [2.24, 2.45) is 5.92 Å². The van der Waals surface area contributed by atoms with Crippen molar-refractivity contribution in [1.82, 2.24) is 4.90 Å². The summed E-state index contributed by atoms with van der Waals surface area (Å²) in [4.78, 5) is 17.0. The van der Waals surface area contributed by atoms with Gasteiger partial charge in [-0.05, 0) is 55.6 Å². The maximum Gasteiger partial charge on any atom is 0.227 e. The molecule has 2 heterocycles. The molecule has 1 saturated heterocycles. The number of piperidine rings is 1. The summed E-state index contributed by atoms with van der Waals surface area (Å²) >= 11 is 0. The number of rotatable bonds is 4. The van der Waals surface area contributed by atoms with Crippen molar-refractivity contribution >= 4 is 11.6 Å². The van der Waals surface area contributed by atoms with Crippen LogP contribution in [0, 0.1) is 11.7 Å². The fourth-order valence-corrected chi connectivity index (χ4v) is 4.10. The fraction of sp³-hybridized carbons (Fsp3) is 0.550. The van der Waals surface area contributed by atoms with Crippen molar-refractivity contribution in [2.45, 2.75) is 38.5 Å². The third kappa shape index (κ3) is 3.12. The standard InChI is InChI=1S/C20H27FN2O/c1-4-9-22-10-7-20(8-11-22)14-23(19(24)12-15(2)3)18-6-5-16(21)13-17(18)20/h4-6,13,15H,1,7-12,14H2,2-3H3. The van der Waals surface area contributed by atoms with Crippen LogP contribution in [0.4, 0.5) is 10.1 Å². The van der Waals surface area contributed by atoms with E-state index in [-0.39, 0.29) is 17.1 Å². The number of anilines is 1. The Labute approximate surface area is 144 Å². The van der Waals surface area contributed by atoms with E-state index in [4.69, 9.17) is 0 Å². The molecule has 1 aromatic rings. The van der Waals surface area contributed by atoms with Crippen LogP contribution < -0.4 is 4.90 Å². The highest BCUT2D eigenvalue weighted by atomic mass is 19.1. The Balaban J connectivity index is 1.89. The first-order valence-corrected chi connectivity index (χ1v) is 8.89. The summed E-state index contributed by atoms with van der Waals surface area (Å²) in [6.07, 6.45) is 4.39. The Kier molecular flexibility index (Phi) is 4.77. The molecule has 1 spiro atoms. The smallest absolute Gasteiger partial charge is 0.227 e. The Morgan fingerprint density at radius 2 is 2.08 bits per heavy atom. The van der Waals surface area contributed by atoms with Crippen LogP contribution in [0.25, 0.3) is 0 Å². The molecule has 24 heavy (non-hydrogen) atoms. The van der Waals surface area contributed by atoms with E-state index in [2.05, 4.69) is 25.3 Å². The molecule has 2 aliphatic rings. The molecule has 0 bridgehead atoms. The van der Waals surface area contributed by atoms with Gasteiger partial charge in [0, 0.05) is 30.6 Å². The molecule has 1 fully saturated rings. The average molecular weight is 330 g/mol. The van der Waals surface area contributed by atoms with Gasteiger partial charge in [-0.3, -0.25) is 9.69 Å². The number of hydrogen-bond acceptors (Lipinski definition) is 2. The van der Waals surface area contributed by atoms with E-state index < -0.39 is 0 Å². The maximum absolute atomic E-state index is 13.9. The van der Waals surface area contributed by atoms with Crippen molar-refractivity contribution in [2.75, 3.05) is 31.1 Å². The molecule has 4 heteroatoms. The summed E-state index contributed by atoms with van der Waals surface area (Å²) in [5, 5.41) is 0. The van der Waals surface area contributed by atoms with E-state index in [9.17, 15) is 9.18 Å². The molecular weight excluding hydrogens is 303 g/mol. The SMILES string of the molecule is C=CCN1CCC2(CC1)CN(C(=O)CC(C)C)c1ccc(F)cc12. The predicted molar refractivity (Wildman–Crippen MR) is 95.8 cm³/mol. The highest BCUT2D eigenvalue weighted by Crippen LogP contribution is 2.47. The summed E-state index contributed by atoms with van der Waals surface area (Å²) in [5.41, 5.74) is 1.85. The molecule has 0 atom stereocenters. The minimum absolute atomic E-state index is 0.0955. The lowest BCUT2D eigenvalue weighted by Gasteiger charge is -2.39. The highest BCUT2D eigenvalue weighted by molar-refractivity contribution is 5.96. The quantitative estimate of drug-likeness (QED) is 0.785. The number of hydrogen-bond donors (Lipinski definition) is 0. The number of amides is 1. The molecule has 0 unspecified atom stereocenters. The molecular formula is C20H27FN2O. The first kappa shape index (κ1) is 17.2. The number of halogens is 1. The van der Waals surface area contributed by atoms with Crippen LogP contribution in [0.3, 0.4) is 0 Å². The van der Waals surface area contributed by atoms with Crippen LogP contribution in [-0.2, 0) is 10.2 Å². The van der Waals surface area contributed by atoms with Gasteiger partial charge in [0.2, 0.25) is 5.91 Å². The number of benzene rings is 1. The minimum Gasteiger partial charge on any atom is -0.311 e. The van der Waals surface area contributed by atoms with Gasteiger partial charge >= 0.3 is 0 Å². The van der Waals surface area contributed by atoms with Crippen LogP contribution >= 0.6 is 0 Å². The van der Waals surface area contributed by atoms with Crippen molar-refractivity contribution < 1.29 is 9.18 Å². The fourth-order valence-electron chi connectivity index (χ4n) is 4.10. The van der Waals surface area contributed by atoms with Gasteiger partial charge in [0.1, 0.15) is 5.82 Å². The van der Waals surface area contributed by atoms with E-state index in [0.29, 0.717) is 18.9 Å². The summed E-state index contributed by atoms with van der Waals surface area (Å²) < 4.78 is 13.9. The Hall–Kier alpha value is -1.68. The zero-order chi connectivity index (χ0) is 17.3. The highest BCUT2D eigenvalue weighted by Gasteiger charge is 2.46. The molecule has 3 nitrogen and oxygen atoms in total. The van der Waals surface area contributed by atoms with Gasteiger partial charge in [-0.15, -0.1) is 6.58 Å². The third-order valence-electron chi connectivity index (χ3n) is 5.37. The lowest BCUT2D eigenvalue weighted by molar-refractivity contribution is -0.119. The van der Waals surface area contributed by atoms with E-state index in [1.54, 1.807) is 12.1 Å². The average Bonchev–Trinajstić information content (AvgIpc) is 2.84. The van der Waals surface area contributed by atoms with E-state index in [0.717, 1.165) is 43.7 Å². The zero-order valence-corrected chi connectivity index (χ0v) is 14.7. The molecule has 1 aromatic carbocycles. The second kappa shape index (κ2) is 6.67. The first-order valence-electron chi connectivity index (χ1n) is 8.89. The number of likely N-dealkylation sites (tertiary alicyclic amines) is 1. The molecule has 3 rings (SSSR count). The Bertz CT molecular complexity index is 633. The molecule has 0 aliphatic carbocycles. The lowest BCUT2D eigenvalue weighted by atomic mass is 9.74. The van der Waals surface area contributed by atoms with E-state index >= 15 is 0 Å². The van der Waals surface area contributed by atoms with Crippen LogP contribution in [0.5, 0.6) is 0 Å². The van der Waals surface area contributed by atoms with Gasteiger partial charge in [-0.2, -0.15) is 0 Å². The second-order valence-corrected chi connectivity index (χ2v) is 7.61. The topological polar surface area (TPSA) is 23.6 Å². The summed E-state index contributed by atoms with van der Waals surface area (Å²) in [7, 11) is 0. The van der Waals surface area contributed by atoms with Gasteiger partial charge < -0.3 is 4.90 Å². The van der Waals surface area contributed by atoms with Gasteiger partial charge in [0.25, 0.3) is 0 Å². The molecule has 2 aliphatic heterocycles. The van der Waals surface area contributed by atoms with Crippen molar-refractivity contribution in [3.8, 4) is 0 Å². The predicted octanol–water partition coefficient (Wildman–Crippen LogP) is 3.74. The van der Waals surface area contributed by atoms with Crippen LogP contribution in [0.15, 0.2) is 30.9 Å².